The molecule has 11 nitrogen and oxygen atoms in total. The molecule has 3 aromatic rings. The molecule has 1 aliphatic heterocycles. The van der Waals surface area contributed by atoms with Crippen molar-refractivity contribution >= 4 is 29.8 Å². The highest BCUT2D eigenvalue weighted by molar-refractivity contribution is 5.92. The van der Waals surface area contributed by atoms with Crippen LogP contribution in [0.1, 0.15) is 42.4 Å². The summed E-state index contributed by atoms with van der Waals surface area (Å²) in [6.45, 7) is 7.50. The second kappa shape index (κ2) is 20.1. The zero-order valence-corrected chi connectivity index (χ0v) is 28.7. The number of likely N-dealkylation sites (tertiary alicyclic amines) is 1. The average Bonchev–Trinajstić information content (AvgIpc) is 3.66. The number of hydrogen-bond donors (Lipinski definition) is 1. The van der Waals surface area contributed by atoms with Gasteiger partial charge >= 0.3 is 18.0 Å². The van der Waals surface area contributed by atoms with Gasteiger partial charge in [0.25, 0.3) is 0 Å². The average molecular weight is 696 g/mol. The van der Waals surface area contributed by atoms with Crippen LogP contribution >= 0.6 is 0 Å². The summed E-state index contributed by atoms with van der Waals surface area (Å²) in [7, 11) is 0. The van der Waals surface area contributed by atoms with Gasteiger partial charge in [0, 0.05) is 13.1 Å². The van der Waals surface area contributed by atoms with E-state index in [1.807, 2.05) is 78.9 Å². The third-order valence-corrected chi connectivity index (χ3v) is 8.37. The van der Waals surface area contributed by atoms with Crippen LogP contribution in [0.5, 0.6) is 0 Å². The minimum absolute atomic E-state index is 0.0324. The van der Waals surface area contributed by atoms with Gasteiger partial charge in [-0.25, -0.2) is 9.59 Å². The van der Waals surface area contributed by atoms with Gasteiger partial charge in [0.1, 0.15) is 38.4 Å². The molecule has 268 valence electrons. The van der Waals surface area contributed by atoms with Crippen LogP contribution in [0, 0.1) is 5.92 Å². The lowest BCUT2D eigenvalue weighted by Crippen LogP contribution is -2.53. The van der Waals surface area contributed by atoms with E-state index in [1.165, 1.54) is 15.9 Å². The molecule has 1 aliphatic rings. The first-order valence-electron chi connectivity index (χ1n) is 17.0. The van der Waals surface area contributed by atoms with Crippen LogP contribution in [0.3, 0.4) is 0 Å². The highest BCUT2D eigenvalue weighted by Crippen LogP contribution is 2.21. The van der Waals surface area contributed by atoms with Crippen molar-refractivity contribution in [3.8, 4) is 0 Å². The summed E-state index contributed by atoms with van der Waals surface area (Å²) < 4.78 is 16.6. The van der Waals surface area contributed by atoms with Crippen molar-refractivity contribution < 1.29 is 38.2 Å². The number of carbonyl (C=O) groups excluding carboxylic acids is 5. The summed E-state index contributed by atoms with van der Waals surface area (Å²) in [4.78, 5) is 69.6. The Morgan fingerprint density at radius 2 is 1.29 bits per heavy atom. The number of hydrogen-bond acceptors (Lipinski definition) is 8. The molecule has 3 atom stereocenters. The highest BCUT2D eigenvalue weighted by atomic mass is 16.6. The van der Waals surface area contributed by atoms with Crippen molar-refractivity contribution in [3.63, 3.8) is 0 Å². The fourth-order valence-corrected chi connectivity index (χ4v) is 5.69. The number of ether oxygens (including phenoxy) is 3. The van der Waals surface area contributed by atoms with E-state index >= 15 is 0 Å². The van der Waals surface area contributed by atoms with Gasteiger partial charge in [-0.1, -0.05) is 103 Å². The lowest BCUT2D eigenvalue weighted by molar-refractivity contribution is -0.154. The third-order valence-electron chi connectivity index (χ3n) is 8.37. The van der Waals surface area contributed by atoms with Crippen LogP contribution in [0.2, 0.25) is 0 Å². The molecular formula is C40H45N3O8. The molecule has 11 heteroatoms. The van der Waals surface area contributed by atoms with Gasteiger partial charge in [-0.05, 0) is 42.4 Å². The van der Waals surface area contributed by atoms with Crippen molar-refractivity contribution in [3.05, 3.63) is 133 Å². The third kappa shape index (κ3) is 12.0. The van der Waals surface area contributed by atoms with E-state index in [9.17, 15) is 24.0 Å². The van der Waals surface area contributed by atoms with Crippen molar-refractivity contribution in [1.29, 1.82) is 0 Å². The Kier molecular flexibility index (Phi) is 15.0. The maximum absolute atomic E-state index is 13.8. The first-order chi connectivity index (χ1) is 24.8. The quantitative estimate of drug-likeness (QED) is 0.107. The van der Waals surface area contributed by atoms with E-state index in [-0.39, 0.29) is 52.3 Å². The number of nitrogens with zero attached hydrogens (tertiary/aromatic N) is 2. The molecule has 1 N–H and O–H groups in total. The molecule has 4 rings (SSSR count). The summed E-state index contributed by atoms with van der Waals surface area (Å²) >= 11 is 0. The van der Waals surface area contributed by atoms with Crippen molar-refractivity contribution in [2.24, 2.45) is 5.92 Å². The van der Waals surface area contributed by atoms with E-state index in [1.54, 1.807) is 18.2 Å². The molecule has 51 heavy (non-hydrogen) atoms. The van der Waals surface area contributed by atoms with Gasteiger partial charge in [-0.3, -0.25) is 19.3 Å². The van der Waals surface area contributed by atoms with E-state index in [2.05, 4.69) is 18.5 Å². The second-order valence-electron chi connectivity index (χ2n) is 12.2. The molecule has 1 saturated heterocycles. The number of esters is 2. The summed E-state index contributed by atoms with van der Waals surface area (Å²) in [6.07, 6.45) is 3.32. The molecule has 0 aromatic heterocycles. The molecular weight excluding hydrogens is 650 g/mol. The Morgan fingerprint density at radius 3 is 1.82 bits per heavy atom. The van der Waals surface area contributed by atoms with Gasteiger partial charge < -0.3 is 24.4 Å². The van der Waals surface area contributed by atoms with Crippen LogP contribution in [0.4, 0.5) is 4.79 Å². The SMILES string of the molecule is C=CCC(C[C@@H](NC(=O)[C@@H]1CCCN1C(=O)CN(CC=C)C(=O)OCc1ccccc1)C(=O)OCc1ccccc1)C(=O)OCc1ccccc1. The van der Waals surface area contributed by atoms with E-state index in [4.69, 9.17) is 14.2 Å². The fourth-order valence-electron chi connectivity index (χ4n) is 5.69. The van der Waals surface area contributed by atoms with Crippen LogP contribution in [-0.2, 0) is 53.2 Å². The first kappa shape index (κ1) is 38.1. The summed E-state index contributed by atoms with van der Waals surface area (Å²) in [5, 5.41) is 2.77. The van der Waals surface area contributed by atoms with Crippen molar-refractivity contribution in [2.75, 3.05) is 19.6 Å². The van der Waals surface area contributed by atoms with E-state index in [0.717, 1.165) is 16.7 Å². The Bertz CT molecular complexity index is 1620. The van der Waals surface area contributed by atoms with E-state index < -0.39 is 47.8 Å². The Morgan fingerprint density at radius 1 is 0.765 bits per heavy atom. The molecule has 0 saturated carbocycles. The topological polar surface area (TPSA) is 132 Å². The lowest BCUT2D eigenvalue weighted by atomic mass is 9.96. The molecule has 1 heterocycles. The largest absolute Gasteiger partial charge is 0.461 e. The van der Waals surface area contributed by atoms with E-state index in [0.29, 0.717) is 12.8 Å². The monoisotopic (exact) mass is 695 g/mol. The first-order valence-corrected chi connectivity index (χ1v) is 17.0. The molecule has 0 spiro atoms. The van der Waals surface area contributed by atoms with Crippen LogP contribution in [0.25, 0.3) is 0 Å². The van der Waals surface area contributed by atoms with Crippen molar-refractivity contribution in [1.82, 2.24) is 15.1 Å². The Balaban J connectivity index is 1.44. The summed E-state index contributed by atoms with van der Waals surface area (Å²) in [5.74, 6) is -3.11. The molecule has 1 fully saturated rings. The Hall–Kier alpha value is -5.71. The molecule has 3 amide bonds. The standard InChI is InChI=1S/C40H45N3O8/c1-3-15-33(38(46)49-27-30-16-8-5-9-17-30)25-34(39(47)50-28-31-18-10-6-11-19-31)41-37(45)35-22-14-24-43(35)36(44)26-42(23-4-2)40(48)51-29-32-20-12-7-13-21-32/h3-13,16-21,33-35H,1-2,14-15,22-29H2,(H,41,45)/t33?,34-,35+/m1/s1. The molecule has 0 radical (unpaired) electrons. The molecule has 0 bridgehead atoms. The van der Waals surface area contributed by atoms with Crippen LogP contribution < -0.4 is 5.32 Å². The summed E-state index contributed by atoms with van der Waals surface area (Å²) in [5.41, 5.74) is 2.35. The second-order valence-corrected chi connectivity index (χ2v) is 12.2. The number of carbonyl (C=O) groups is 5. The van der Waals surface area contributed by atoms with Gasteiger partial charge in [-0.15, -0.1) is 13.2 Å². The highest BCUT2D eigenvalue weighted by Gasteiger charge is 2.38. The molecule has 0 aliphatic carbocycles. The zero-order valence-electron chi connectivity index (χ0n) is 28.7. The predicted molar refractivity (Wildman–Crippen MR) is 190 cm³/mol. The maximum Gasteiger partial charge on any atom is 0.410 e. The van der Waals surface area contributed by atoms with Crippen LogP contribution in [-0.4, -0.2) is 71.4 Å². The minimum atomic E-state index is -1.22. The molecule has 1 unspecified atom stereocenters. The number of amides is 3. The minimum Gasteiger partial charge on any atom is -0.461 e. The van der Waals surface area contributed by atoms with Crippen LogP contribution in [0.15, 0.2) is 116 Å². The van der Waals surface area contributed by atoms with Gasteiger partial charge in [-0.2, -0.15) is 0 Å². The smallest absolute Gasteiger partial charge is 0.410 e. The van der Waals surface area contributed by atoms with Crippen molar-refractivity contribution in [2.45, 2.75) is 57.6 Å². The van der Waals surface area contributed by atoms with Gasteiger partial charge in [0.15, 0.2) is 0 Å². The fraction of sp³-hybridized carbons (Fsp3) is 0.325. The van der Waals surface area contributed by atoms with Gasteiger partial charge in [0.05, 0.1) is 5.92 Å². The Labute approximate surface area is 298 Å². The summed E-state index contributed by atoms with van der Waals surface area (Å²) in [6, 6.07) is 25.3. The maximum atomic E-state index is 13.8. The number of allylic oxidation sites excluding steroid dienone is 1. The number of benzene rings is 3. The number of nitrogens with one attached hydrogen (secondary N) is 1. The lowest BCUT2D eigenvalue weighted by Gasteiger charge is -2.29. The normalized spacial score (nSPS) is 14.7. The zero-order chi connectivity index (χ0) is 36.4. The molecule has 3 aromatic carbocycles. The predicted octanol–water partition coefficient (Wildman–Crippen LogP) is 5.36. The number of rotatable bonds is 18. The van der Waals surface area contributed by atoms with Gasteiger partial charge in [0.2, 0.25) is 11.8 Å².